The molecule has 15 heavy (non-hydrogen) atoms. The molecule has 0 bridgehead atoms. The van der Waals surface area contributed by atoms with Crippen LogP contribution in [-0.2, 0) is 0 Å². The smallest absolute Gasteiger partial charge is 0.0294 e. The second-order valence-electron chi connectivity index (χ2n) is 4.57. The first-order valence-corrected chi connectivity index (χ1v) is 6.47. The molecule has 1 aliphatic carbocycles. The van der Waals surface area contributed by atoms with Gasteiger partial charge >= 0.3 is 0 Å². The van der Waals surface area contributed by atoms with Gasteiger partial charge in [0.25, 0.3) is 0 Å². The lowest BCUT2D eigenvalue weighted by molar-refractivity contribution is 0.441. The van der Waals surface area contributed by atoms with E-state index in [2.05, 4.69) is 59.4 Å². The summed E-state index contributed by atoms with van der Waals surface area (Å²) in [5.41, 5.74) is 1.37. The summed E-state index contributed by atoms with van der Waals surface area (Å²) in [6, 6.07) is 9.69. The third kappa shape index (κ3) is 3.05. The third-order valence-electron chi connectivity index (χ3n) is 3.21. The Bertz CT molecular complexity index is 316. The monoisotopic (exact) mass is 267 g/mol. The van der Waals surface area contributed by atoms with E-state index in [4.69, 9.17) is 0 Å². The van der Waals surface area contributed by atoms with E-state index in [1.54, 1.807) is 0 Å². The molecule has 1 aromatic rings. The van der Waals surface area contributed by atoms with Gasteiger partial charge < -0.3 is 5.32 Å². The zero-order valence-corrected chi connectivity index (χ0v) is 10.9. The predicted molar refractivity (Wildman–Crippen MR) is 67.9 cm³/mol. The summed E-state index contributed by atoms with van der Waals surface area (Å²) in [4.78, 5) is 0. The normalized spacial score (nSPS) is 19.9. The van der Waals surface area contributed by atoms with Gasteiger partial charge in [-0.2, -0.15) is 0 Å². The fourth-order valence-electron chi connectivity index (χ4n) is 1.97. The van der Waals surface area contributed by atoms with Crippen LogP contribution in [0.2, 0.25) is 0 Å². The van der Waals surface area contributed by atoms with Crippen LogP contribution in [-0.4, -0.2) is 6.04 Å². The standard InChI is InChI=1S/C13H18BrN/c1-9(11-3-4-11)15-10(2)12-5-7-13(14)8-6-12/h5-11,15H,3-4H2,1-2H3/t9?,10-/m0/s1. The first-order valence-electron chi connectivity index (χ1n) is 5.68. The zero-order valence-electron chi connectivity index (χ0n) is 9.33. The van der Waals surface area contributed by atoms with E-state index in [1.165, 1.54) is 18.4 Å². The number of hydrogen-bond acceptors (Lipinski definition) is 1. The number of halogens is 1. The maximum atomic E-state index is 3.66. The maximum Gasteiger partial charge on any atom is 0.0294 e. The summed E-state index contributed by atoms with van der Waals surface area (Å²) >= 11 is 3.46. The molecule has 1 unspecified atom stereocenters. The summed E-state index contributed by atoms with van der Waals surface area (Å²) in [6.45, 7) is 4.54. The van der Waals surface area contributed by atoms with Crippen LogP contribution in [0.15, 0.2) is 28.7 Å². The van der Waals surface area contributed by atoms with Crippen molar-refractivity contribution in [3.63, 3.8) is 0 Å². The van der Waals surface area contributed by atoms with Crippen molar-refractivity contribution >= 4 is 15.9 Å². The molecule has 0 heterocycles. The van der Waals surface area contributed by atoms with Gasteiger partial charge in [-0.1, -0.05) is 28.1 Å². The lowest BCUT2D eigenvalue weighted by Gasteiger charge is -2.20. The molecule has 1 aliphatic rings. The summed E-state index contributed by atoms with van der Waals surface area (Å²) in [5, 5.41) is 3.66. The topological polar surface area (TPSA) is 12.0 Å². The summed E-state index contributed by atoms with van der Waals surface area (Å²) in [6.07, 6.45) is 2.81. The minimum Gasteiger partial charge on any atom is -0.307 e. The molecule has 1 aromatic carbocycles. The summed E-state index contributed by atoms with van der Waals surface area (Å²) in [7, 11) is 0. The highest BCUT2D eigenvalue weighted by atomic mass is 79.9. The van der Waals surface area contributed by atoms with Crippen LogP contribution >= 0.6 is 15.9 Å². The lowest BCUT2D eigenvalue weighted by Crippen LogP contribution is -2.30. The van der Waals surface area contributed by atoms with Crippen LogP contribution in [0.5, 0.6) is 0 Å². The van der Waals surface area contributed by atoms with E-state index >= 15 is 0 Å². The molecule has 0 radical (unpaired) electrons. The lowest BCUT2D eigenvalue weighted by atomic mass is 10.1. The molecule has 1 saturated carbocycles. The molecule has 0 aromatic heterocycles. The van der Waals surface area contributed by atoms with E-state index in [9.17, 15) is 0 Å². The number of hydrogen-bond donors (Lipinski definition) is 1. The Labute approximate surface area is 100 Å². The largest absolute Gasteiger partial charge is 0.307 e. The van der Waals surface area contributed by atoms with Gasteiger partial charge in [0.15, 0.2) is 0 Å². The van der Waals surface area contributed by atoms with Crippen LogP contribution in [0.1, 0.15) is 38.3 Å². The van der Waals surface area contributed by atoms with Crippen molar-refractivity contribution in [3.8, 4) is 0 Å². The average molecular weight is 268 g/mol. The fraction of sp³-hybridized carbons (Fsp3) is 0.538. The van der Waals surface area contributed by atoms with Crippen LogP contribution in [0.3, 0.4) is 0 Å². The fourth-order valence-corrected chi connectivity index (χ4v) is 2.24. The van der Waals surface area contributed by atoms with Crippen molar-refractivity contribution in [1.29, 1.82) is 0 Å². The van der Waals surface area contributed by atoms with Crippen molar-refractivity contribution in [2.24, 2.45) is 5.92 Å². The molecule has 82 valence electrons. The Hall–Kier alpha value is -0.340. The van der Waals surface area contributed by atoms with Crippen LogP contribution in [0, 0.1) is 5.92 Å². The van der Waals surface area contributed by atoms with Gasteiger partial charge in [-0.15, -0.1) is 0 Å². The number of nitrogens with one attached hydrogen (secondary N) is 1. The molecule has 1 nitrogen and oxygen atoms in total. The van der Waals surface area contributed by atoms with Gasteiger partial charge in [0.1, 0.15) is 0 Å². The quantitative estimate of drug-likeness (QED) is 0.873. The van der Waals surface area contributed by atoms with Crippen molar-refractivity contribution in [2.75, 3.05) is 0 Å². The molecule has 0 aliphatic heterocycles. The molecule has 0 saturated heterocycles. The minimum absolute atomic E-state index is 0.452. The van der Waals surface area contributed by atoms with E-state index in [0.717, 1.165) is 10.4 Å². The molecular formula is C13H18BrN. The summed E-state index contributed by atoms with van der Waals surface area (Å²) < 4.78 is 1.15. The van der Waals surface area contributed by atoms with Gasteiger partial charge in [0, 0.05) is 16.6 Å². The highest BCUT2D eigenvalue weighted by molar-refractivity contribution is 9.10. The highest BCUT2D eigenvalue weighted by Crippen LogP contribution is 2.33. The molecular weight excluding hydrogens is 250 g/mol. The minimum atomic E-state index is 0.452. The van der Waals surface area contributed by atoms with Gasteiger partial charge in [-0.25, -0.2) is 0 Å². The third-order valence-corrected chi connectivity index (χ3v) is 3.74. The van der Waals surface area contributed by atoms with E-state index < -0.39 is 0 Å². The van der Waals surface area contributed by atoms with E-state index in [0.29, 0.717) is 12.1 Å². The van der Waals surface area contributed by atoms with Gasteiger partial charge in [0.05, 0.1) is 0 Å². The van der Waals surface area contributed by atoms with Gasteiger partial charge in [-0.3, -0.25) is 0 Å². The Morgan fingerprint density at radius 3 is 2.33 bits per heavy atom. The van der Waals surface area contributed by atoms with Crippen molar-refractivity contribution in [3.05, 3.63) is 34.3 Å². The second kappa shape index (κ2) is 4.67. The van der Waals surface area contributed by atoms with Crippen LogP contribution < -0.4 is 5.32 Å². The zero-order chi connectivity index (χ0) is 10.8. The molecule has 2 atom stereocenters. The van der Waals surface area contributed by atoms with Crippen LogP contribution in [0.4, 0.5) is 0 Å². The number of rotatable bonds is 4. The molecule has 1 fully saturated rings. The average Bonchev–Trinajstić information content (AvgIpc) is 3.01. The molecule has 2 heteroatoms. The molecule has 2 rings (SSSR count). The van der Waals surface area contributed by atoms with E-state index in [1.807, 2.05) is 0 Å². The Morgan fingerprint density at radius 2 is 1.80 bits per heavy atom. The Balaban J connectivity index is 1.94. The Morgan fingerprint density at radius 1 is 1.20 bits per heavy atom. The van der Waals surface area contributed by atoms with Crippen molar-refractivity contribution in [2.45, 2.75) is 38.8 Å². The summed E-state index contributed by atoms with van der Waals surface area (Å²) in [5.74, 6) is 0.919. The number of benzene rings is 1. The van der Waals surface area contributed by atoms with Gasteiger partial charge in [0.2, 0.25) is 0 Å². The first kappa shape index (κ1) is 11.2. The first-order chi connectivity index (χ1) is 7.16. The Kier molecular flexibility index (Phi) is 3.47. The van der Waals surface area contributed by atoms with Gasteiger partial charge in [-0.05, 0) is 50.3 Å². The predicted octanol–water partition coefficient (Wildman–Crippen LogP) is 3.90. The molecule has 0 spiro atoms. The maximum absolute atomic E-state index is 3.66. The highest BCUT2D eigenvalue weighted by Gasteiger charge is 2.28. The molecule has 0 amide bonds. The SMILES string of the molecule is CC(N[C@@H](C)c1ccc(Br)cc1)C1CC1. The van der Waals surface area contributed by atoms with Crippen molar-refractivity contribution < 1.29 is 0 Å². The van der Waals surface area contributed by atoms with Crippen LogP contribution in [0.25, 0.3) is 0 Å². The second-order valence-corrected chi connectivity index (χ2v) is 5.48. The van der Waals surface area contributed by atoms with E-state index in [-0.39, 0.29) is 0 Å². The van der Waals surface area contributed by atoms with Crippen molar-refractivity contribution in [1.82, 2.24) is 5.32 Å². The molecule has 1 N–H and O–H groups in total.